The number of aliphatic carboxylic acids is 2. The van der Waals surface area contributed by atoms with Crippen molar-refractivity contribution in [2.45, 2.75) is 25.9 Å². The minimum Gasteiger partial charge on any atom is -0.478 e. The molecule has 6 heteroatoms. The molecule has 0 amide bonds. The Morgan fingerprint density at radius 2 is 1.00 bits per heavy atom. The lowest BCUT2D eigenvalue weighted by atomic mass is 9.84. The van der Waals surface area contributed by atoms with E-state index in [0.717, 1.165) is 54.9 Å². The second-order valence-corrected chi connectivity index (χ2v) is 10.2. The van der Waals surface area contributed by atoms with Crippen LogP contribution in [-0.4, -0.2) is 22.2 Å². The lowest BCUT2D eigenvalue weighted by molar-refractivity contribution is -0.133. The maximum atomic E-state index is 11.7. The predicted molar refractivity (Wildman–Crippen MR) is 157 cm³/mol. The molecule has 0 fully saturated rings. The Kier molecular flexibility index (Phi) is 6.23. The van der Waals surface area contributed by atoms with E-state index in [0.29, 0.717) is 0 Å². The third kappa shape index (κ3) is 4.33. The van der Waals surface area contributed by atoms with Gasteiger partial charge in [0.2, 0.25) is 0 Å². The topological polar surface area (TPSA) is 99.3 Å². The standard InChI is InChI=1S/C34H26N2O4/c1-19(33(37)38)15-25-17-23-11-3-7-21-9-5-13-27(29(21)23)31(25)35-36-32-26(16-20(2)34(39)40)18-24-12-4-8-22-10-6-14-28(32)30(22)24/h3-18,31-32H,1-2H3,(H,37,38)(H,39,40). The highest BCUT2D eigenvalue weighted by Gasteiger charge is 2.27. The maximum Gasteiger partial charge on any atom is 0.331 e. The van der Waals surface area contributed by atoms with Crippen molar-refractivity contribution in [2.75, 3.05) is 0 Å². The van der Waals surface area contributed by atoms with Crippen molar-refractivity contribution in [3.8, 4) is 0 Å². The minimum absolute atomic E-state index is 0.204. The molecule has 6 rings (SSSR count). The van der Waals surface area contributed by atoms with Gasteiger partial charge in [-0.3, -0.25) is 0 Å². The van der Waals surface area contributed by atoms with Gasteiger partial charge < -0.3 is 10.2 Å². The summed E-state index contributed by atoms with van der Waals surface area (Å²) in [5, 5.41) is 33.3. The van der Waals surface area contributed by atoms with Crippen LogP contribution in [-0.2, 0) is 9.59 Å². The lowest BCUT2D eigenvalue weighted by Crippen LogP contribution is -2.09. The van der Waals surface area contributed by atoms with Crippen LogP contribution in [0.3, 0.4) is 0 Å². The molecule has 0 radical (unpaired) electrons. The van der Waals surface area contributed by atoms with Gasteiger partial charge in [-0.25, -0.2) is 9.59 Å². The molecule has 0 bridgehead atoms. The Morgan fingerprint density at radius 3 is 1.38 bits per heavy atom. The van der Waals surface area contributed by atoms with Crippen LogP contribution in [0.1, 0.15) is 48.2 Å². The molecule has 0 saturated carbocycles. The molecular formula is C34H26N2O4. The van der Waals surface area contributed by atoms with Crippen molar-refractivity contribution in [3.05, 3.63) is 129 Å². The van der Waals surface area contributed by atoms with E-state index in [1.165, 1.54) is 0 Å². The minimum atomic E-state index is -0.997. The summed E-state index contributed by atoms with van der Waals surface area (Å²) in [5.41, 5.74) is 5.76. The van der Waals surface area contributed by atoms with Gasteiger partial charge in [-0.2, -0.15) is 10.2 Å². The molecular weight excluding hydrogens is 500 g/mol. The summed E-state index contributed by atoms with van der Waals surface area (Å²) in [5.74, 6) is -1.99. The van der Waals surface area contributed by atoms with E-state index < -0.39 is 24.0 Å². The zero-order valence-electron chi connectivity index (χ0n) is 22.0. The number of azo groups is 1. The van der Waals surface area contributed by atoms with Crippen LogP contribution in [0.2, 0.25) is 0 Å². The predicted octanol–water partition coefficient (Wildman–Crippen LogP) is 8.08. The van der Waals surface area contributed by atoms with Gasteiger partial charge in [-0.05, 0) is 93.1 Å². The highest BCUT2D eigenvalue weighted by molar-refractivity contribution is 5.98. The molecule has 4 aromatic rings. The Bertz CT molecular complexity index is 1740. The van der Waals surface area contributed by atoms with E-state index in [4.69, 9.17) is 10.2 Å². The summed E-state index contributed by atoms with van der Waals surface area (Å²) in [6.07, 6.45) is 7.27. The number of carbonyl (C=O) groups is 2. The molecule has 0 aliphatic heterocycles. The number of rotatable bonds is 6. The largest absolute Gasteiger partial charge is 0.478 e. The highest BCUT2D eigenvalue weighted by Crippen LogP contribution is 2.44. The highest BCUT2D eigenvalue weighted by atomic mass is 16.4. The van der Waals surface area contributed by atoms with Crippen molar-refractivity contribution in [2.24, 2.45) is 10.2 Å². The first-order valence-electron chi connectivity index (χ1n) is 13.0. The Labute approximate surface area is 231 Å². The van der Waals surface area contributed by atoms with Gasteiger partial charge in [-0.1, -0.05) is 72.8 Å². The molecule has 0 saturated heterocycles. The van der Waals surface area contributed by atoms with Crippen molar-refractivity contribution in [1.82, 2.24) is 0 Å². The summed E-state index contributed by atoms with van der Waals surface area (Å²) in [6.45, 7) is 3.13. The Morgan fingerprint density at radius 1 is 0.625 bits per heavy atom. The number of hydrogen-bond acceptors (Lipinski definition) is 4. The molecule has 2 aliphatic rings. The van der Waals surface area contributed by atoms with Crippen LogP contribution in [0.15, 0.2) is 117 Å². The molecule has 196 valence electrons. The Balaban J connectivity index is 1.54. The molecule has 2 unspecified atom stereocenters. The van der Waals surface area contributed by atoms with Crippen LogP contribution >= 0.6 is 0 Å². The second-order valence-electron chi connectivity index (χ2n) is 10.2. The number of carboxylic acid groups (broad SMARTS) is 2. The molecule has 40 heavy (non-hydrogen) atoms. The van der Waals surface area contributed by atoms with Gasteiger partial charge in [0.25, 0.3) is 0 Å². The van der Waals surface area contributed by atoms with E-state index in [9.17, 15) is 19.8 Å². The van der Waals surface area contributed by atoms with E-state index in [-0.39, 0.29) is 11.1 Å². The molecule has 4 aromatic carbocycles. The molecule has 0 aromatic heterocycles. The fraction of sp³-hybridized carbons (Fsp3) is 0.118. The van der Waals surface area contributed by atoms with Crippen molar-refractivity contribution in [1.29, 1.82) is 0 Å². The van der Waals surface area contributed by atoms with Gasteiger partial charge in [0.1, 0.15) is 12.1 Å². The van der Waals surface area contributed by atoms with Gasteiger partial charge in [-0.15, -0.1) is 0 Å². The van der Waals surface area contributed by atoms with Crippen molar-refractivity contribution < 1.29 is 19.8 Å². The van der Waals surface area contributed by atoms with E-state index in [1.807, 2.05) is 84.9 Å². The monoisotopic (exact) mass is 526 g/mol. The zero-order chi connectivity index (χ0) is 28.0. The smallest absolute Gasteiger partial charge is 0.331 e. The quantitative estimate of drug-likeness (QED) is 0.196. The zero-order valence-corrected chi connectivity index (χ0v) is 22.0. The van der Waals surface area contributed by atoms with E-state index in [2.05, 4.69) is 0 Å². The summed E-state index contributed by atoms with van der Waals surface area (Å²) in [6, 6.07) is 23.1. The average molecular weight is 527 g/mol. The Hall–Kier alpha value is -5.10. The van der Waals surface area contributed by atoms with Crippen LogP contribution < -0.4 is 0 Å². The van der Waals surface area contributed by atoms with Crippen LogP contribution in [0, 0.1) is 0 Å². The molecule has 0 spiro atoms. The van der Waals surface area contributed by atoms with Gasteiger partial charge in [0, 0.05) is 11.1 Å². The molecule has 0 heterocycles. The summed E-state index contributed by atoms with van der Waals surface area (Å²) in [4.78, 5) is 23.5. The fourth-order valence-corrected chi connectivity index (χ4v) is 5.63. The van der Waals surface area contributed by atoms with E-state index >= 15 is 0 Å². The first-order chi connectivity index (χ1) is 19.3. The van der Waals surface area contributed by atoms with Gasteiger partial charge in [0.05, 0.1) is 0 Å². The van der Waals surface area contributed by atoms with Crippen molar-refractivity contribution in [3.63, 3.8) is 0 Å². The summed E-state index contributed by atoms with van der Waals surface area (Å²) >= 11 is 0. The molecule has 2 atom stereocenters. The second kappa shape index (κ2) is 9.89. The summed E-state index contributed by atoms with van der Waals surface area (Å²) < 4.78 is 0. The third-order valence-electron chi connectivity index (χ3n) is 7.54. The van der Waals surface area contributed by atoms with E-state index in [1.54, 1.807) is 26.0 Å². The number of nitrogens with zero attached hydrogens (tertiary/aromatic N) is 2. The molecule has 2 aliphatic carbocycles. The number of benzene rings is 4. The van der Waals surface area contributed by atoms with Crippen LogP contribution in [0.4, 0.5) is 0 Å². The van der Waals surface area contributed by atoms with Gasteiger partial charge in [0.15, 0.2) is 0 Å². The van der Waals surface area contributed by atoms with Crippen LogP contribution in [0.5, 0.6) is 0 Å². The number of carboxylic acids is 2. The SMILES string of the molecule is CC(=CC1=Cc2cccc3cccc(c23)C1N=NC1C(C=C(C)C(=O)O)=Cc2cccc3cccc1c23)C(=O)O. The average Bonchev–Trinajstić information content (AvgIpc) is 2.94. The summed E-state index contributed by atoms with van der Waals surface area (Å²) in [7, 11) is 0. The third-order valence-corrected chi connectivity index (χ3v) is 7.54. The van der Waals surface area contributed by atoms with Gasteiger partial charge >= 0.3 is 11.9 Å². The molecule has 6 nitrogen and oxygen atoms in total. The number of hydrogen-bond donors (Lipinski definition) is 2. The lowest BCUT2D eigenvalue weighted by Gasteiger charge is -2.25. The maximum absolute atomic E-state index is 11.7. The van der Waals surface area contributed by atoms with Crippen molar-refractivity contribution >= 4 is 45.6 Å². The first-order valence-corrected chi connectivity index (χ1v) is 13.0. The molecule has 2 N–H and O–H groups in total. The fourth-order valence-electron chi connectivity index (χ4n) is 5.63. The normalized spacial score (nSPS) is 18.6. The van der Waals surface area contributed by atoms with Crippen LogP contribution in [0.25, 0.3) is 33.7 Å². The first kappa shape index (κ1) is 25.2.